The van der Waals surface area contributed by atoms with Crippen LogP contribution in [0.4, 0.5) is 20.5 Å². The predicted octanol–water partition coefficient (Wildman–Crippen LogP) is 7.06. The standard InChI is InChI=1S/C33H42F2N8/c1-6-41-13-9-33(10-14-41)11-15-42(16-12-33)22(4)24-7-8-29(36-19-24)39-32-37-20-27(35)30(40-32)25-17-26(34)31-28(18-25)43(21(2)3)23(5)38-31/h7-8,17-22H,6,9-16H2,1-5H3,(H,36,37,39,40)/t22-/m1/s1. The summed E-state index contributed by atoms with van der Waals surface area (Å²) in [6, 6.07) is 7.33. The minimum absolute atomic E-state index is 0.0148. The van der Waals surface area contributed by atoms with E-state index >= 15 is 4.39 Å². The Hall–Kier alpha value is -3.50. The quantitative estimate of drug-likeness (QED) is 0.248. The van der Waals surface area contributed by atoms with Crippen LogP contribution in [0, 0.1) is 24.0 Å². The molecule has 0 amide bonds. The van der Waals surface area contributed by atoms with E-state index in [-0.39, 0.29) is 29.2 Å². The van der Waals surface area contributed by atoms with Crippen molar-refractivity contribution in [2.45, 2.75) is 72.4 Å². The summed E-state index contributed by atoms with van der Waals surface area (Å²) in [7, 11) is 0. The lowest BCUT2D eigenvalue weighted by Crippen LogP contribution is -2.47. The van der Waals surface area contributed by atoms with Crippen molar-refractivity contribution in [2.24, 2.45) is 5.41 Å². The maximum atomic E-state index is 15.1. The average molecular weight is 589 g/mol. The second-order valence-electron chi connectivity index (χ2n) is 12.6. The molecule has 0 radical (unpaired) electrons. The van der Waals surface area contributed by atoms with Crippen LogP contribution in [0.1, 0.15) is 76.8 Å². The maximum absolute atomic E-state index is 15.1. The van der Waals surface area contributed by atoms with Gasteiger partial charge in [0.15, 0.2) is 11.6 Å². The van der Waals surface area contributed by atoms with Crippen molar-refractivity contribution in [2.75, 3.05) is 38.0 Å². The van der Waals surface area contributed by atoms with Crippen LogP contribution < -0.4 is 5.32 Å². The molecule has 2 saturated heterocycles. The third-order valence-corrected chi connectivity index (χ3v) is 9.74. The number of hydrogen-bond acceptors (Lipinski definition) is 7. The molecule has 4 aromatic rings. The maximum Gasteiger partial charge on any atom is 0.229 e. The minimum atomic E-state index is -0.631. The van der Waals surface area contributed by atoms with Crippen LogP contribution in [-0.4, -0.2) is 67.0 Å². The second kappa shape index (κ2) is 11.9. The second-order valence-corrected chi connectivity index (χ2v) is 12.6. The Labute approximate surface area is 252 Å². The third-order valence-electron chi connectivity index (χ3n) is 9.74. The van der Waals surface area contributed by atoms with Gasteiger partial charge in [-0.25, -0.2) is 28.7 Å². The SMILES string of the molecule is CCN1CCC2(CC1)CCN([C@H](C)c1ccc(Nc3ncc(F)c(-c4cc(F)c5nc(C)n(C(C)C)c5c4)n3)nc1)CC2. The summed E-state index contributed by atoms with van der Waals surface area (Å²) in [5.41, 5.74) is 2.89. The molecule has 10 heteroatoms. The van der Waals surface area contributed by atoms with E-state index in [9.17, 15) is 4.39 Å². The molecule has 3 aromatic heterocycles. The summed E-state index contributed by atoms with van der Waals surface area (Å²) in [5.74, 6) is 0.304. The molecule has 228 valence electrons. The fraction of sp³-hybridized carbons (Fsp3) is 0.515. The third kappa shape index (κ3) is 5.87. The molecule has 0 unspecified atom stereocenters. The largest absolute Gasteiger partial charge is 0.326 e. The molecule has 5 heterocycles. The van der Waals surface area contributed by atoms with Crippen molar-refractivity contribution in [1.82, 2.24) is 34.3 Å². The fourth-order valence-corrected chi connectivity index (χ4v) is 6.97. The van der Waals surface area contributed by atoms with Gasteiger partial charge in [-0.3, -0.25) is 4.90 Å². The van der Waals surface area contributed by atoms with Gasteiger partial charge in [-0.2, -0.15) is 0 Å². The highest BCUT2D eigenvalue weighted by atomic mass is 19.1. The number of anilines is 2. The number of rotatable bonds is 7. The van der Waals surface area contributed by atoms with Gasteiger partial charge in [0.1, 0.15) is 22.9 Å². The highest BCUT2D eigenvalue weighted by Crippen LogP contribution is 2.42. The van der Waals surface area contributed by atoms with Crippen molar-refractivity contribution in [3.05, 3.63) is 59.7 Å². The fourth-order valence-electron chi connectivity index (χ4n) is 6.97. The summed E-state index contributed by atoms with van der Waals surface area (Å²) in [5, 5.41) is 3.09. The molecule has 43 heavy (non-hydrogen) atoms. The molecule has 1 N–H and O–H groups in total. The summed E-state index contributed by atoms with van der Waals surface area (Å²) < 4.78 is 31.9. The number of hydrogen-bond donors (Lipinski definition) is 1. The van der Waals surface area contributed by atoms with Gasteiger partial charge in [-0.15, -0.1) is 0 Å². The van der Waals surface area contributed by atoms with E-state index in [2.05, 4.69) is 55.0 Å². The van der Waals surface area contributed by atoms with E-state index in [1.807, 2.05) is 37.6 Å². The molecule has 1 atom stereocenters. The van der Waals surface area contributed by atoms with Crippen LogP contribution in [0.2, 0.25) is 0 Å². The van der Waals surface area contributed by atoms with Crippen molar-refractivity contribution in [3.63, 3.8) is 0 Å². The zero-order valence-corrected chi connectivity index (χ0v) is 25.9. The lowest BCUT2D eigenvalue weighted by atomic mass is 9.71. The van der Waals surface area contributed by atoms with Gasteiger partial charge in [0.2, 0.25) is 5.95 Å². The van der Waals surface area contributed by atoms with Crippen molar-refractivity contribution in [1.29, 1.82) is 0 Å². The number of likely N-dealkylation sites (tertiary alicyclic amines) is 2. The van der Waals surface area contributed by atoms with Crippen LogP contribution >= 0.6 is 0 Å². The monoisotopic (exact) mass is 588 g/mol. The average Bonchev–Trinajstić information content (AvgIpc) is 3.35. The number of nitrogens with one attached hydrogen (secondary N) is 1. The number of halogens is 2. The van der Waals surface area contributed by atoms with E-state index < -0.39 is 11.6 Å². The summed E-state index contributed by atoms with van der Waals surface area (Å²) in [6.45, 7) is 16.2. The Bertz CT molecular complexity index is 1580. The van der Waals surface area contributed by atoms with E-state index in [4.69, 9.17) is 0 Å². The molecular formula is C33H42F2N8. The summed E-state index contributed by atoms with van der Waals surface area (Å²) in [4.78, 5) is 22.7. The lowest BCUT2D eigenvalue weighted by molar-refractivity contribution is 0.0236. The van der Waals surface area contributed by atoms with E-state index in [1.165, 1.54) is 44.8 Å². The number of aryl methyl sites for hydroxylation is 1. The summed E-state index contributed by atoms with van der Waals surface area (Å²) >= 11 is 0. The van der Waals surface area contributed by atoms with E-state index in [0.29, 0.717) is 28.1 Å². The van der Waals surface area contributed by atoms with Gasteiger partial charge in [0, 0.05) is 23.8 Å². The molecule has 8 nitrogen and oxygen atoms in total. The van der Waals surface area contributed by atoms with Crippen LogP contribution in [0.15, 0.2) is 36.7 Å². The van der Waals surface area contributed by atoms with E-state index in [1.54, 1.807) is 6.07 Å². The van der Waals surface area contributed by atoms with Gasteiger partial charge >= 0.3 is 0 Å². The Morgan fingerprint density at radius 3 is 2.28 bits per heavy atom. The lowest BCUT2D eigenvalue weighted by Gasteiger charge is -2.48. The molecule has 0 saturated carbocycles. The van der Waals surface area contributed by atoms with Crippen LogP contribution in [0.3, 0.4) is 0 Å². The number of aromatic nitrogens is 5. The first-order valence-corrected chi connectivity index (χ1v) is 15.6. The first kappa shape index (κ1) is 29.6. The molecule has 2 fully saturated rings. The van der Waals surface area contributed by atoms with E-state index in [0.717, 1.165) is 31.4 Å². The summed E-state index contributed by atoms with van der Waals surface area (Å²) in [6.07, 6.45) is 8.17. The zero-order chi connectivity index (χ0) is 30.3. The number of nitrogens with zero attached hydrogens (tertiary/aromatic N) is 7. The highest BCUT2D eigenvalue weighted by Gasteiger charge is 2.38. The number of pyridine rings is 1. The number of benzene rings is 1. The molecule has 6 rings (SSSR count). The zero-order valence-electron chi connectivity index (χ0n) is 25.9. The van der Waals surface area contributed by atoms with Gasteiger partial charge < -0.3 is 14.8 Å². The molecule has 1 spiro atoms. The van der Waals surface area contributed by atoms with Crippen molar-refractivity contribution < 1.29 is 8.78 Å². The number of piperidine rings is 2. The molecule has 2 aliphatic heterocycles. The Balaban J connectivity index is 1.14. The minimum Gasteiger partial charge on any atom is -0.326 e. The predicted molar refractivity (Wildman–Crippen MR) is 166 cm³/mol. The van der Waals surface area contributed by atoms with Crippen LogP contribution in [-0.2, 0) is 0 Å². The normalized spacial score (nSPS) is 18.5. The van der Waals surface area contributed by atoms with Crippen molar-refractivity contribution in [3.8, 4) is 11.3 Å². The molecule has 1 aromatic carbocycles. The molecule has 0 aliphatic carbocycles. The van der Waals surface area contributed by atoms with Crippen LogP contribution in [0.5, 0.6) is 0 Å². The molecule has 2 aliphatic rings. The van der Waals surface area contributed by atoms with Gasteiger partial charge in [-0.1, -0.05) is 13.0 Å². The first-order valence-electron chi connectivity index (χ1n) is 15.6. The Morgan fingerprint density at radius 1 is 0.907 bits per heavy atom. The van der Waals surface area contributed by atoms with Gasteiger partial charge in [-0.05, 0) is 115 Å². The van der Waals surface area contributed by atoms with Gasteiger partial charge in [0.25, 0.3) is 0 Å². The topological polar surface area (TPSA) is 75.0 Å². The van der Waals surface area contributed by atoms with Gasteiger partial charge in [0.05, 0.1) is 11.7 Å². The van der Waals surface area contributed by atoms with Crippen LogP contribution in [0.25, 0.3) is 22.3 Å². The Morgan fingerprint density at radius 2 is 1.63 bits per heavy atom. The Kier molecular flexibility index (Phi) is 8.17. The molecular weight excluding hydrogens is 546 g/mol. The smallest absolute Gasteiger partial charge is 0.229 e. The first-order chi connectivity index (χ1) is 20.7. The highest BCUT2D eigenvalue weighted by molar-refractivity contribution is 5.83. The number of imidazole rings is 1. The van der Waals surface area contributed by atoms with Crippen molar-refractivity contribution >= 4 is 22.8 Å². The number of fused-ring (bicyclic) bond motifs is 1. The molecule has 0 bridgehead atoms.